The van der Waals surface area contributed by atoms with Crippen LogP contribution in [0.25, 0.3) is 10.9 Å². The predicted molar refractivity (Wildman–Crippen MR) is 74.7 cm³/mol. The molecule has 3 aromatic rings. The van der Waals surface area contributed by atoms with E-state index in [0.717, 1.165) is 10.9 Å². The lowest BCUT2D eigenvalue weighted by Gasteiger charge is -2.06. The summed E-state index contributed by atoms with van der Waals surface area (Å²) in [7, 11) is 0. The van der Waals surface area contributed by atoms with Gasteiger partial charge in [0, 0.05) is 5.39 Å². The Labute approximate surface area is 114 Å². The van der Waals surface area contributed by atoms with Crippen LogP contribution in [0.15, 0.2) is 42.5 Å². The quantitative estimate of drug-likeness (QED) is 0.778. The SMILES string of the molecule is Nc1nn(Cc2cccc(F)c2Cl)c2ccccc12. The highest BCUT2D eigenvalue weighted by atomic mass is 35.5. The van der Waals surface area contributed by atoms with Gasteiger partial charge in [-0.25, -0.2) is 4.39 Å². The lowest BCUT2D eigenvalue weighted by molar-refractivity contribution is 0.622. The summed E-state index contributed by atoms with van der Waals surface area (Å²) in [5.41, 5.74) is 7.44. The molecule has 2 N–H and O–H groups in total. The first-order valence-electron chi connectivity index (χ1n) is 5.81. The van der Waals surface area contributed by atoms with Crippen LogP contribution < -0.4 is 5.73 Å². The first-order valence-corrected chi connectivity index (χ1v) is 6.18. The van der Waals surface area contributed by atoms with Gasteiger partial charge in [-0.3, -0.25) is 4.68 Å². The van der Waals surface area contributed by atoms with Crippen LogP contribution in [0.3, 0.4) is 0 Å². The van der Waals surface area contributed by atoms with Gasteiger partial charge < -0.3 is 5.73 Å². The molecule has 96 valence electrons. The van der Waals surface area contributed by atoms with E-state index >= 15 is 0 Å². The molecule has 0 aliphatic carbocycles. The van der Waals surface area contributed by atoms with Crippen molar-refractivity contribution in [3.8, 4) is 0 Å². The monoisotopic (exact) mass is 275 g/mol. The summed E-state index contributed by atoms with van der Waals surface area (Å²) in [6, 6.07) is 12.4. The van der Waals surface area contributed by atoms with Crippen LogP contribution in [-0.2, 0) is 6.54 Å². The summed E-state index contributed by atoms with van der Waals surface area (Å²) in [4.78, 5) is 0. The minimum Gasteiger partial charge on any atom is -0.382 e. The molecular weight excluding hydrogens is 265 g/mol. The van der Waals surface area contributed by atoms with Gasteiger partial charge in [-0.1, -0.05) is 35.9 Å². The fourth-order valence-corrected chi connectivity index (χ4v) is 2.29. The molecular formula is C14H11ClFN3. The molecule has 0 fully saturated rings. The van der Waals surface area contributed by atoms with E-state index < -0.39 is 5.82 Å². The Hall–Kier alpha value is -2.07. The van der Waals surface area contributed by atoms with E-state index in [2.05, 4.69) is 5.10 Å². The predicted octanol–water partition coefficient (Wildman–Crippen LogP) is 3.46. The largest absolute Gasteiger partial charge is 0.382 e. The van der Waals surface area contributed by atoms with E-state index in [1.54, 1.807) is 16.8 Å². The van der Waals surface area contributed by atoms with Crippen LogP contribution in [0.4, 0.5) is 10.2 Å². The van der Waals surface area contributed by atoms with E-state index in [-0.39, 0.29) is 5.02 Å². The van der Waals surface area contributed by atoms with Gasteiger partial charge in [0.2, 0.25) is 0 Å². The molecule has 2 aromatic carbocycles. The second-order valence-electron chi connectivity index (χ2n) is 4.27. The standard InChI is InChI=1S/C14H11ClFN3/c15-13-9(4-3-6-11(13)16)8-19-12-7-2-1-5-10(12)14(17)18-19/h1-7H,8H2,(H2,17,18). The van der Waals surface area contributed by atoms with Crippen LogP contribution >= 0.6 is 11.6 Å². The van der Waals surface area contributed by atoms with Gasteiger partial charge >= 0.3 is 0 Å². The number of benzene rings is 2. The third-order valence-electron chi connectivity index (χ3n) is 3.04. The van der Waals surface area contributed by atoms with Crippen molar-refractivity contribution in [1.82, 2.24) is 9.78 Å². The van der Waals surface area contributed by atoms with Crippen molar-refractivity contribution in [1.29, 1.82) is 0 Å². The first-order chi connectivity index (χ1) is 9.16. The number of aromatic nitrogens is 2. The number of halogens is 2. The number of hydrogen-bond acceptors (Lipinski definition) is 2. The molecule has 1 aromatic heterocycles. The molecule has 3 rings (SSSR count). The molecule has 5 heteroatoms. The lowest BCUT2D eigenvalue weighted by Crippen LogP contribution is -2.03. The fraction of sp³-hybridized carbons (Fsp3) is 0.0714. The molecule has 0 atom stereocenters. The van der Waals surface area contributed by atoms with Gasteiger partial charge in [-0.05, 0) is 23.8 Å². The molecule has 0 saturated carbocycles. The number of rotatable bonds is 2. The Bertz CT molecular complexity index is 752. The zero-order chi connectivity index (χ0) is 13.4. The summed E-state index contributed by atoms with van der Waals surface area (Å²) < 4.78 is 15.1. The van der Waals surface area contributed by atoms with Crippen LogP contribution in [0.1, 0.15) is 5.56 Å². The van der Waals surface area contributed by atoms with Crippen molar-refractivity contribution in [2.24, 2.45) is 0 Å². The topological polar surface area (TPSA) is 43.8 Å². The lowest BCUT2D eigenvalue weighted by atomic mass is 10.2. The molecule has 0 saturated heterocycles. The number of nitrogen functional groups attached to an aromatic ring is 1. The number of fused-ring (bicyclic) bond motifs is 1. The number of hydrogen-bond donors (Lipinski definition) is 1. The third kappa shape index (κ3) is 2.04. The molecule has 0 aliphatic rings. The zero-order valence-corrected chi connectivity index (χ0v) is 10.7. The summed E-state index contributed by atoms with van der Waals surface area (Å²) in [6.45, 7) is 0.383. The highest BCUT2D eigenvalue weighted by Gasteiger charge is 2.10. The van der Waals surface area contributed by atoms with Gasteiger partial charge in [0.1, 0.15) is 5.82 Å². The fourth-order valence-electron chi connectivity index (χ4n) is 2.11. The van der Waals surface area contributed by atoms with Crippen molar-refractivity contribution in [3.63, 3.8) is 0 Å². The van der Waals surface area contributed by atoms with Crippen molar-refractivity contribution < 1.29 is 4.39 Å². The van der Waals surface area contributed by atoms with Gasteiger partial charge in [-0.2, -0.15) is 5.10 Å². The Kier molecular flexibility index (Phi) is 2.87. The Morgan fingerprint density at radius 2 is 1.95 bits per heavy atom. The van der Waals surface area contributed by atoms with Gasteiger partial charge in [0.05, 0.1) is 17.1 Å². The maximum absolute atomic E-state index is 13.4. The maximum Gasteiger partial charge on any atom is 0.153 e. The van der Waals surface area contributed by atoms with Crippen LogP contribution in [-0.4, -0.2) is 9.78 Å². The highest BCUT2D eigenvalue weighted by molar-refractivity contribution is 6.31. The van der Waals surface area contributed by atoms with Crippen molar-refractivity contribution in [2.45, 2.75) is 6.54 Å². The third-order valence-corrected chi connectivity index (χ3v) is 3.46. The van der Waals surface area contributed by atoms with E-state index in [4.69, 9.17) is 17.3 Å². The van der Waals surface area contributed by atoms with Gasteiger partial charge in [0.15, 0.2) is 5.82 Å². The Balaban J connectivity index is 2.09. The molecule has 19 heavy (non-hydrogen) atoms. The molecule has 0 aliphatic heterocycles. The Morgan fingerprint density at radius 1 is 1.16 bits per heavy atom. The van der Waals surface area contributed by atoms with Gasteiger partial charge in [-0.15, -0.1) is 0 Å². The minimum absolute atomic E-state index is 0.126. The van der Waals surface area contributed by atoms with E-state index in [0.29, 0.717) is 17.9 Å². The zero-order valence-electron chi connectivity index (χ0n) is 9.98. The van der Waals surface area contributed by atoms with Crippen LogP contribution in [0.5, 0.6) is 0 Å². The number of para-hydroxylation sites is 1. The second-order valence-corrected chi connectivity index (χ2v) is 4.65. The summed E-state index contributed by atoms with van der Waals surface area (Å²) >= 11 is 5.95. The molecule has 0 unspecified atom stereocenters. The van der Waals surface area contributed by atoms with Crippen LogP contribution in [0.2, 0.25) is 5.02 Å². The highest BCUT2D eigenvalue weighted by Crippen LogP contribution is 2.24. The van der Waals surface area contributed by atoms with Gasteiger partial charge in [0.25, 0.3) is 0 Å². The second kappa shape index (κ2) is 4.55. The number of nitrogens with two attached hydrogens (primary N) is 1. The molecule has 0 radical (unpaired) electrons. The Morgan fingerprint density at radius 3 is 2.79 bits per heavy atom. The average Bonchev–Trinajstić information content (AvgIpc) is 2.73. The maximum atomic E-state index is 13.4. The van der Waals surface area contributed by atoms with E-state index in [1.807, 2.05) is 24.3 Å². The number of anilines is 1. The average molecular weight is 276 g/mol. The molecule has 0 amide bonds. The molecule has 0 bridgehead atoms. The van der Waals surface area contributed by atoms with Crippen molar-refractivity contribution >= 4 is 28.3 Å². The smallest absolute Gasteiger partial charge is 0.153 e. The summed E-state index contributed by atoms with van der Waals surface area (Å²) in [5, 5.41) is 5.28. The molecule has 1 heterocycles. The molecule has 0 spiro atoms. The first kappa shape index (κ1) is 12.0. The van der Waals surface area contributed by atoms with E-state index in [1.165, 1.54) is 6.07 Å². The molecule has 3 nitrogen and oxygen atoms in total. The van der Waals surface area contributed by atoms with Crippen LogP contribution in [0, 0.1) is 5.82 Å². The number of nitrogens with zero attached hydrogens (tertiary/aromatic N) is 2. The minimum atomic E-state index is -0.427. The van der Waals surface area contributed by atoms with E-state index in [9.17, 15) is 4.39 Å². The normalized spacial score (nSPS) is 11.1. The summed E-state index contributed by atoms with van der Waals surface area (Å²) in [6.07, 6.45) is 0. The van der Waals surface area contributed by atoms with Crippen molar-refractivity contribution in [3.05, 3.63) is 58.9 Å². The van der Waals surface area contributed by atoms with Crippen molar-refractivity contribution in [2.75, 3.05) is 5.73 Å². The summed E-state index contributed by atoms with van der Waals surface area (Å²) in [5.74, 6) is 0.0340.